The van der Waals surface area contributed by atoms with Gasteiger partial charge in [0.25, 0.3) is 0 Å². The Labute approximate surface area is 196 Å². The summed E-state index contributed by atoms with van der Waals surface area (Å²) in [6.07, 6.45) is 5.83. The Balaban J connectivity index is 1.68. The van der Waals surface area contributed by atoms with Crippen LogP contribution in [0.4, 0.5) is 5.69 Å². The van der Waals surface area contributed by atoms with Gasteiger partial charge in [-0.3, -0.25) is 4.68 Å². The number of hydrazine groups is 1. The van der Waals surface area contributed by atoms with E-state index in [1.807, 2.05) is 31.0 Å². The molecule has 0 spiro atoms. The van der Waals surface area contributed by atoms with Gasteiger partial charge in [0.1, 0.15) is 0 Å². The van der Waals surface area contributed by atoms with Crippen LogP contribution in [0.2, 0.25) is 0 Å². The average Bonchev–Trinajstić information content (AvgIpc) is 3.16. The zero-order valence-electron chi connectivity index (χ0n) is 20.0. The second-order valence-electron chi connectivity index (χ2n) is 9.17. The van der Waals surface area contributed by atoms with E-state index >= 15 is 0 Å². The number of rotatable bonds is 6. The molecule has 1 aliphatic rings. The molecule has 174 valence electrons. The molecule has 1 atom stereocenters. The topological polar surface area (TPSA) is 88.4 Å². The van der Waals surface area contributed by atoms with E-state index in [0.29, 0.717) is 6.54 Å². The van der Waals surface area contributed by atoms with Crippen LogP contribution in [0, 0.1) is 0 Å². The van der Waals surface area contributed by atoms with Gasteiger partial charge in [0, 0.05) is 48.8 Å². The molecule has 1 aromatic heterocycles. The summed E-state index contributed by atoms with van der Waals surface area (Å²) in [5.41, 5.74) is 14.8. The summed E-state index contributed by atoms with van der Waals surface area (Å²) in [4.78, 5) is 2.21. The maximum Gasteiger partial charge on any atom is 0.0777 e. The number of benzene rings is 2. The van der Waals surface area contributed by atoms with Gasteiger partial charge in [-0.15, -0.1) is 0 Å². The number of fused-ring (bicyclic) bond motifs is 1. The van der Waals surface area contributed by atoms with Crippen LogP contribution in [-0.2, 0) is 13.5 Å². The van der Waals surface area contributed by atoms with Gasteiger partial charge >= 0.3 is 0 Å². The van der Waals surface area contributed by atoms with Crippen molar-refractivity contribution in [3.05, 3.63) is 77.2 Å². The molecule has 0 aliphatic carbocycles. The predicted molar refractivity (Wildman–Crippen MR) is 136 cm³/mol. The highest BCUT2D eigenvalue weighted by atomic mass is 15.4. The van der Waals surface area contributed by atoms with Crippen molar-refractivity contribution in [1.29, 1.82) is 0 Å². The summed E-state index contributed by atoms with van der Waals surface area (Å²) in [5.74, 6) is 6.43. The Morgan fingerprint density at radius 2 is 1.91 bits per heavy atom. The van der Waals surface area contributed by atoms with E-state index in [4.69, 9.17) is 11.6 Å². The van der Waals surface area contributed by atoms with Crippen LogP contribution in [0.3, 0.4) is 0 Å². The molecule has 0 saturated carbocycles. The van der Waals surface area contributed by atoms with Crippen LogP contribution in [0.15, 0.2) is 60.6 Å². The van der Waals surface area contributed by atoms with E-state index in [2.05, 4.69) is 71.9 Å². The number of likely N-dealkylation sites (N-methyl/N-ethyl adjacent to an activating group) is 1. The Kier molecular flexibility index (Phi) is 6.72. The van der Waals surface area contributed by atoms with Crippen LogP contribution in [0.5, 0.6) is 0 Å². The minimum absolute atomic E-state index is 0.104. The number of nitrogens with two attached hydrogens (primary N) is 2. The number of hydrogen-bond acceptors (Lipinski definition) is 6. The molecule has 7 heteroatoms. The lowest BCUT2D eigenvalue weighted by molar-refractivity contribution is 0.402. The second-order valence-corrected chi connectivity index (χ2v) is 9.17. The molecular weight excluding hydrogens is 410 g/mol. The maximum absolute atomic E-state index is 6.43. The molecular formula is C26H35N7. The van der Waals surface area contributed by atoms with Gasteiger partial charge in [0.15, 0.2) is 0 Å². The first kappa shape index (κ1) is 22.9. The summed E-state index contributed by atoms with van der Waals surface area (Å²) in [7, 11) is 6.14. The fourth-order valence-electron chi connectivity index (χ4n) is 4.42. The van der Waals surface area contributed by atoms with Crippen molar-refractivity contribution in [1.82, 2.24) is 19.7 Å². The van der Waals surface area contributed by atoms with Crippen molar-refractivity contribution in [2.45, 2.75) is 25.8 Å². The van der Waals surface area contributed by atoms with E-state index in [9.17, 15) is 0 Å². The van der Waals surface area contributed by atoms with Gasteiger partial charge in [-0.05, 0) is 68.8 Å². The Hall–Kier alpha value is -3.29. The van der Waals surface area contributed by atoms with Gasteiger partial charge in [0.2, 0.25) is 0 Å². The minimum Gasteiger partial charge on any atom is -0.401 e. The van der Waals surface area contributed by atoms with E-state index in [0.717, 1.165) is 53.2 Å². The first-order valence-electron chi connectivity index (χ1n) is 11.4. The SMILES string of the molecule is C/C(N)=C1\c2ccc(-c3cnn(C)c3)cc2C(Nc2ccc(CCN(C)C)cc2)CCN1N. The lowest BCUT2D eigenvalue weighted by Gasteiger charge is -2.22. The molecule has 1 aliphatic heterocycles. The normalized spacial score (nSPS) is 17.6. The molecule has 3 aromatic rings. The summed E-state index contributed by atoms with van der Waals surface area (Å²) in [6, 6.07) is 15.4. The summed E-state index contributed by atoms with van der Waals surface area (Å²) < 4.78 is 1.82. The molecule has 1 unspecified atom stereocenters. The van der Waals surface area contributed by atoms with Crippen molar-refractivity contribution < 1.29 is 0 Å². The smallest absolute Gasteiger partial charge is 0.0777 e. The molecule has 2 heterocycles. The highest BCUT2D eigenvalue weighted by Crippen LogP contribution is 2.37. The Morgan fingerprint density at radius 3 is 2.55 bits per heavy atom. The molecule has 33 heavy (non-hydrogen) atoms. The molecule has 0 saturated heterocycles. The maximum atomic E-state index is 6.43. The number of aromatic nitrogens is 2. The third-order valence-electron chi connectivity index (χ3n) is 6.18. The third-order valence-corrected chi connectivity index (χ3v) is 6.18. The highest BCUT2D eigenvalue weighted by molar-refractivity contribution is 5.74. The number of hydrogen-bond donors (Lipinski definition) is 3. The fourth-order valence-corrected chi connectivity index (χ4v) is 4.42. The van der Waals surface area contributed by atoms with Crippen molar-refractivity contribution >= 4 is 11.4 Å². The summed E-state index contributed by atoms with van der Waals surface area (Å²) in [6.45, 7) is 3.66. The molecule has 0 radical (unpaired) electrons. The molecule has 2 aromatic carbocycles. The second kappa shape index (κ2) is 9.68. The predicted octanol–water partition coefficient (Wildman–Crippen LogP) is 3.57. The third kappa shape index (κ3) is 5.21. The number of nitrogens with zero attached hydrogens (tertiary/aromatic N) is 4. The van der Waals surface area contributed by atoms with Gasteiger partial charge in [0.05, 0.1) is 17.9 Å². The standard InChI is InChI=1S/C26H35N7/c1-18(27)26-23-10-7-20(21-16-29-32(4)17-21)15-24(23)25(12-14-33(26)28)30-22-8-5-19(6-9-22)11-13-31(2)3/h5-10,15-17,25,30H,11-14,27-28H2,1-4H3/b26-18-. The van der Waals surface area contributed by atoms with Gasteiger partial charge in [-0.1, -0.05) is 24.3 Å². The molecule has 4 rings (SSSR count). The largest absolute Gasteiger partial charge is 0.401 e. The Bertz CT molecular complexity index is 1120. The number of aryl methyl sites for hydroxylation is 1. The first-order valence-corrected chi connectivity index (χ1v) is 11.4. The van der Waals surface area contributed by atoms with Crippen LogP contribution in [0.1, 0.15) is 36.1 Å². The highest BCUT2D eigenvalue weighted by Gasteiger charge is 2.26. The minimum atomic E-state index is 0.104. The first-order chi connectivity index (χ1) is 15.8. The van der Waals surface area contributed by atoms with E-state index in [1.165, 1.54) is 11.1 Å². The van der Waals surface area contributed by atoms with Crippen molar-refractivity contribution in [2.24, 2.45) is 18.6 Å². The molecule has 0 bridgehead atoms. The zero-order chi connectivity index (χ0) is 23.5. The van der Waals surface area contributed by atoms with Crippen LogP contribution in [0.25, 0.3) is 16.8 Å². The van der Waals surface area contributed by atoms with Gasteiger partial charge in [-0.2, -0.15) is 5.10 Å². The van der Waals surface area contributed by atoms with Crippen molar-refractivity contribution in [2.75, 3.05) is 32.5 Å². The fraction of sp³-hybridized carbons (Fsp3) is 0.346. The van der Waals surface area contributed by atoms with Gasteiger partial charge < -0.3 is 21.0 Å². The zero-order valence-corrected chi connectivity index (χ0v) is 20.0. The monoisotopic (exact) mass is 445 g/mol. The van der Waals surface area contributed by atoms with E-state index < -0.39 is 0 Å². The molecule has 5 N–H and O–H groups in total. The van der Waals surface area contributed by atoms with Crippen LogP contribution in [-0.4, -0.2) is 46.9 Å². The quantitative estimate of drug-likeness (QED) is 0.503. The van der Waals surface area contributed by atoms with E-state index in [1.54, 1.807) is 5.01 Å². The lowest BCUT2D eigenvalue weighted by atomic mass is 9.93. The Morgan fingerprint density at radius 1 is 1.15 bits per heavy atom. The van der Waals surface area contributed by atoms with Crippen molar-refractivity contribution in [3.63, 3.8) is 0 Å². The number of nitrogens with one attached hydrogen (secondary N) is 1. The number of allylic oxidation sites excluding steroid dienone is 1. The molecule has 7 nitrogen and oxygen atoms in total. The van der Waals surface area contributed by atoms with E-state index in [-0.39, 0.29) is 6.04 Å². The lowest BCUT2D eigenvalue weighted by Crippen LogP contribution is -2.31. The van der Waals surface area contributed by atoms with Crippen molar-refractivity contribution in [3.8, 4) is 11.1 Å². The molecule has 0 amide bonds. The van der Waals surface area contributed by atoms with Gasteiger partial charge in [-0.25, -0.2) is 5.84 Å². The summed E-state index contributed by atoms with van der Waals surface area (Å²) >= 11 is 0. The summed E-state index contributed by atoms with van der Waals surface area (Å²) in [5, 5.41) is 9.88. The van der Waals surface area contributed by atoms with Crippen LogP contribution < -0.4 is 16.9 Å². The average molecular weight is 446 g/mol. The molecule has 0 fully saturated rings. The number of anilines is 1. The van der Waals surface area contributed by atoms with Crippen LogP contribution >= 0.6 is 0 Å².